The average molecular weight is 326 g/mol. The molecule has 4 nitrogen and oxygen atoms in total. The van der Waals surface area contributed by atoms with Crippen LogP contribution in [0.15, 0.2) is 48.5 Å². The van der Waals surface area contributed by atoms with Gasteiger partial charge >= 0.3 is 0 Å². The molecule has 1 atom stereocenters. The summed E-state index contributed by atoms with van der Waals surface area (Å²) in [5.41, 5.74) is 9.37. The lowest BCUT2D eigenvalue weighted by atomic mass is 10.0. The number of nitrogens with two attached hydrogens (primary N) is 1. The van der Waals surface area contributed by atoms with E-state index >= 15 is 0 Å². The molecule has 1 unspecified atom stereocenters. The van der Waals surface area contributed by atoms with Crippen molar-refractivity contribution in [2.45, 2.75) is 19.1 Å². The Morgan fingerprint density at radius 2 is 2.00 bits per heavy atom. The van der Waals surface area contributed by atoms with Crippen LogP contribution < -0.4 is 10.5 Å². The van der Waals surface area contributed by atoms with E-state index in [4.69, 9.17) is 15.2 Å². The van der Waals surface area contributed by atoms with Crippen molar-refractivity contribution in [1.29, 1.82) is 0 Å². The molecule has 0 aliphatic carbocycles. The molecule has 0 aromatic heterocycles. The van der Waals surface area contributed by atoms with Gasteiger partial charge in [0.05, 0.1) is 13.2 Å². The zero-order valence-electron chi connectivity index (χ0n) is 14.3. The third-order valence-corrected chi connectivity index (χ3v) is 4.49. The summed E-state index contributed by atoms with van der Waals surface area (Å²) in [4.78, 5) is 2.41. The predicted molar refractivity (Wildman–Crippen MR) is 97.1 cm³/mol. The molecule has 128 valence electrons. The van der Waals surface area contributed by atoms with Crippen LogP contribution in [0.4, 0.5) is 0 Å². The molecule has 1 aliphatic heterocycles. The van der Waals surface area contributed by atoms with Crippen LogP contribution in [0.25, 0.3) is 11.1 Å². The Morgan fingerprint density at radius 3 is 2.75 bits per heavy atom. The van der Waals surface area contributed by atoms with Crippen molar-refractivity contribution in [3.63, 3.8) is 0 Å². The van der Waals surface area contributed by atoms with E-state index in [-0.39, 0.29) is 6.10 Å². The van der Waals surface area contributed by atoms with Gasteiger partial charge in [-0.3, -0.25) is 4.90 Å². The maximum atomic E-state index is 5.79. The molecule has 1 saturated heterocycles. The second-order valence-corrected chi connectivity index (χ2v) is 6.21. The van der Waals surface area contributed by atoms with Gasteiger partial charge in [0.15, 0.2) is 0 Å². The van der Waals surface area contributed by atoms with E-state index in [1.54, 1.807) is 7.11 Å². The molecule has 1 aliphatic rings. The number of ether oxygens (including phenoxy) is 2. The van der Waals surface area contributed by atoms with E-state index in [1.807, 2.05) is 6.07 Å². The first-order chi connectivity index (χ1) is 11.8. The van der Waals surface area contributed by atoms with Crippen LogP contribution >= 0.6 is 0 Å². The molecule has 24 heavy (non-hydrogen) atoms. The van der Waals surface area contributed by atoms with E-state index < -0.39 is 0 Å². The fourth-order valence-corrected chi connectivity index (χ4v) is 3.18. The average Bonchev–Trinajstić information content (AvgIpc) is 2.88. The van der Waals surface area contributed by atoms with Crippen molar-refractivity contribution in [1.82, 2.24) is 4.90 Å². The van der Waals surface area contributed by atoms with E-state index in [0.717, 1.165) is 38.4 Å². The van der Waals surface area contributed by atoms with Crippen molar-refractivity contribution in [3.8, 4) is 16.9 Å². The number of methoxy groups -OCH3 is 1. The van der Waals surface area contributed by atoms with Gasteiger partial charge in [-0.2, -0.15) is 0 Å². The second-order valence-electron chi connectivity index (χ2n) is 6.21. The van der Waals surface area contributed by atoms with Crippen molar-refractivity contribution in [3.05, 3.63) is 54.1 Å². The van der Waals surface area contributed by atoms with E-state index in [9.17, 15) is 0 Å². The van der Waals surface area contributed by atoms with Crippen LogP contribution in [0.3, 0.4) is 0 Å². The number of rotatable bonds is 5. The molecule has 0 amide bonds. The third-order valence-electron chi connectivity index (χ3n) is 4.49. The SMILES string of the molecule is COc1cc(-c2ccccc2)ccc1CN1CCCOC(CN)C1. The largest absolute Gasteiger partial charge is 0.496 e. The Labute approximate surface area is 144 Å². The summed E-state index contributed by atoms with van der Waals surface area (Å²) in [5, 5.41) is 0. The van der Waals surface area contributed by atoms with Gasteiger partial charge in [0, 0.05) is 38.3 Å². The van der Waals surface area contributed by atoms with Crippen molar-refractivity contribution in [2.24, 2.45) is 5.73 Å². The molecule has 1 heterocycles. The summed E-state index contributed by atoms with van der Waals surface area (Å²) >= 11 is 0. The Bertz CT molecular complexity index is 645. The number of benzene rings is 2. The summed E-state index contributed by atoms with van der Waals surface area (Å²) in [6, 6.07) is 16.8. The Kier molecular flexibility index (Phi) is 5.86. The highest BCUT2D eigenvalue weighted by molar-refractivity contribution is 5.66. The van der Waals surface area contributed by atoms with Crippen LogP contribution in [0, 0.1) is 0 Å². The van der Waals surface area contributed by atoms with Crippen LogP contribution in [0.1, 0.15) is 12.0 Å². The van der Waals surface area contributed by atoms with Gasteiger partial charge in [-0.25, -0.2) is 0 Å². The summed E-state index contributed by atoms with van der Waals surface area (Å²) in [6.45, 7) is 4.13. The van der Waals surface area contributed by atoms with E-state index in [1.165, 1.54) is 16.7 Å². The highest BCUT2D eigenvalue weighted by Gasteiger charge is 2.19. The molecule has 1 fully saturated rings. The summed E-state index contributed by atoms with van der Waals surface area (Å²) in [7, 11) is 1.74. The van der Waals surface area contributed by atoms with Gasteiger partial charge < -0.3 is 15.2 Å². The lowest BCUT2D eigenvalue weighted by molar-refractivity contribution is 0.0595. The third kappa shape index (κ3) is 4.15. The second kappa shape index (κ2) is 8.29. The molecule has 4 heteroatoms. The first-order valence-corrected chi connectivity index (χ1v) is 8.56. The molecule has 2 N–H and O–H groups in total. The minimum absolute atomic E-state index is 0.127. The maximum Gasteiger partial charge on any atom is 0.123 e. The standard InChI is InChI=1S/C20H26N2O2/c1-23-20-12-17(16-6-3-2-4-7-16)8-9-18(20)14-22-10-5-11-24-19(13-21)15-22/h2-4,6-9,12,19H,5,10-11,13-15,21H2,1H3. The molecular formula is C20H26N2O2. The van der Waals surface area contributed by atoms with Crippen LogP contribution in [0.5, 0.6) is 5.75 Å². The fourth-order valence-electron chi connectivity index (χ4n) is 3.18. The molecule has 3 rings (SSSR count). The van der Waals surface area contributed by atoms with Crippen LogP contribution in [-0.2, 0) is 11.3 Å². The van der Waals surface area contributed by atoms with Crippen LogP contribution in [0.2, 0.25) is 0 Å². The van der Waals surface area contributed by atoms with Crippen molar-refractivity contribution < 1.29 is 9.47 Å². The molecular weight excluding hydrogens is 300 g/mol. The monoisotopic (exact) mass is 326 g/mol. The minimum atomic E-state index is 0.127. The number of hydrogen-bond acceptors (Lipinski definition) is 4. The van der Waals surface area contributed by atoms with Crippen molar-refractivity contribution in [2.75, 3.05) is 33.4 Å². The fraction of sp³-hybridized carbons (Fsp3) is 0.400. The molecule has 0 spiro atoms. The topological polar surface area (TPSA) is 47.7 Å². The smallest absolute Gasteiger partial charge is 0.123 e. The highest BCUT2D eigenvalue weighted by Crippen LogP contribution is 2.28. The van der Waals surface area contributed by atoms with Crippen LogP contribution in [-0.4, -0.2) is 44.4 Å². The normalized spacial score (nSPS) is 19.0. The molecule has 0 bridgehead atoms. The van der Waals surface area contributed by atoms with Gasteiger partial charge in [0.1, 0.15) is 5.75 Å². The van der Waals surface area contributed by atoms with E-state index in [0.29, 0.717) is 6.54 Å². The first-order valence-electron chi connectivity index (χ1n) is 8.56. The van der Waals surface area contributed by atoms with Gasteiger partial charge in [-0.1, -0.05) is 42.5 Å². The quantitative estimate of drug-likeness (QED) is 0.918. The van der Waals surface area contributed by atoms with Gasteiger partial charge in [0.2, 0.25) is 0 Å². The predicted octanol–water partition coefficient (Wildman–Crippen LogP) is 2.91. The Hall–Kier alpha value is -1.88. The first kappa shape index (κ1) is 17.0. The number of nitrogens with zero attached hydrogens (tertiary/aromatic N) is 1. The minimum Gasteiger partial charge on any atom is -0.496 e. The Morgan fingerprint density at radius 1 is 1.17 bits per heavy atom. The molecule has 2 aromatic carbocycles. The maximum absolute atomic E-state index is 5.79. The van der Waals surface area contributed by atoms with Gasteiger partial charge in [0.25, 0.3) is 0 Å². The Balaban J connectivity index is 1.78. The van der Waals surface area contributed by atoms with Gasteiger partial charge in [-0.05, 0) is 23.6 Å². The molecule has 0 saturated carbocycles. The lowest BCUT2D eigenvalue weighted by Gasteiger charge is -2.24. The van der Waals surface area contributed by atoms with Gasteiger partial charge in [-0.15, -0.1) is 0 Å². The zero-order valence-corrected chi connectivity index (χ0v) is 14.3. The lowest BCUT2D eigenvalue weighted by Crippen LogP contribution is -2.35. The number of hydrogen-bond donors (Lipinski definition) is 1. The molecule has 2 aromatic rings. The summed E-state index contributed by atoms with van der Waals surface area (Å²) in [5.74, 6) is 0.936. The highest BCUT2D eigenvalue weighted by atomic mass is 16.5. The molecule has 0 radical (unpaired) electrons. The zero-order chi connectivity index (χ0) is 16.8. The van der Waals surface area contributed by atoms with Crippen molar-refractivity contribution >= 4 is 0 Å². The van der Waals surface area contributed by atoms with E-state index in [2.05, 4.69) is 47.4 Å². The summed E-state index contributed by atoms with van der Waals surface area (Å²) in [6.07, 6.45) is 1.17. The summed E-state index contributed by atoms with van der Waals surface area (Å²) < 4.78 is 11.4.